The number of aliphatic hydroxyl groups excluding tert-OH is 1. The standard InChI is InChI=1S/C14H16N2O3S2/c17-9-14(19)3-5-16(6-4-14)13(18)10-8-21-12(15-10)11-2-1-7-20-11/h1-2,7-8,17,19H,3-6,9H2. The number of rotatable bonds is 3. The topological polar surface area (TPSA) is 73.7 Å². The molecule has 0 atom stereocenters. The van der Waals surface area contributed by atoms with Crippen LogP contribution in [0.4, 0.5) is 0 Å². The Balaban J connectivity index is 1.69. The van der Waals surface area contributed by atoms with Crippen molar-refractivity contribution >= 4 is 28.6 Å². The molecule has 112 valence electrons. The number of likely N-dealkylation sites (tertiary alicyclic amines) is 1. The van der Waals surface area contributed by atoms with Gasteiger partial charge in [0.1, 0.15) is 10.7 Å². The second kappa shape index (κ2) is 5.84. The first-order valence-corrected chi connectivity index (χ1v) is 8.49. The number of hydrogen-bond acceptors (Lipinski definition) is 6. The highest BCUT2D eigenvalue weighted by molar-refractivity contribution is 7.20. The van der Waals surface area contributed by atoms with Crippen LogP contribution in [-0.4, -0.2) is 51.3 Å². The third-order valence-electron chi connectivity index (χ3n) is 3.73. The molecule has 0 radical (unpaired) electrons. The summed E-state index contributed by atoms with van der Waals surface area (Å²) in [6.07, 6.45) is 0.800. The van der Waals surface area contributed by atoms with Crippen molar-refractivity contribution in [3.05, 3.63) is 28.6 Å². The van der Waals surface area contributed by atoms with Crippen molar-refractivity contribution in [2.45, 2.75) is 18.4 Å². The van der Waals surface area contributed by atoms with Crippen LogP contribution in [0.15, 0.2) is 22.9 Å². The summed E-state index contributed by atoms with van der Waals surface area (Å²) in [6.45, 7) is 0.637. The first-order chi connectivity index (χ1) is 10.1. The Morgan fingerprint density at radius 2 is 2.14 bits per heavy atom. The maximum absolute atomic E-state index is 12.4. The minimum atomic E-state index is -1.04. The van der Waals surface area contributed by atoms with E-state index in [-0.39, 0.29) is 12.5 Å². The van der Waals surface area contributed by atoms with Crippen LogP contribution in [0.2, 0.25) is 0 Å². The van der Waals surface area contributed by atoms with Crippen molar-refractivity contribution in [2.75, 3.05) is 19.7 Å². The predicted molar refractivity (Wildman–Crippen MR) is 82.6 cm³/mol. The first-order valence-electron chi connectivity index (χ1n) is 6.73. The van der Waals surface area contributed by atoms with Crippen molar-refractivity contribution in [3.63, 3.8) is 0 Å². The number of aliphatic hydroxyl groups is 2. The number of thiazole rings is 1. The molecule has 1 aliphatic heterocycles. The van der Waals surface area contributed by atoms with Gasteiger partial charge < -0.3 is 15.1 Å². The quantitative estimate of drug-likeness (QED) is 0.903. The zero-order valence-electron chi connectivity index (χ0n) is 11.4. The zero-order chi connectivity index (χ0) is 14.9. The van der Waals surface area contributed by atoms with Crippen molar-refractivity contribution in [1.29, 1.82) is 0 Å². The van der Waals surface area contributed by atoms with Crippen LogP contribution in [0.1, 0.15) is 23.3 Å². The van der Waals surface area contributed by atoms with E-state index < -0.39 is 5.60 Å². The summed E-state index contributed by atoms with van der Waals surface area (Å²) in [5.74, 6) is -0.103. The maximum atomic E-state index is 12.4. The summed E-state index contributed by atoms with van der Waals surface area (Å²) < 4.78 is 0. The number of piperidine rings is 1. The predicted octanol–water partition coefficient (Wildman–Crippen LogP) is 1.83. The molecular formula is C14H16N2O3S2. The molecule has 2 aromatic heterocycles. The van der Waals surface area contributed by atoms with Gasteiger partial charge in [-0.3, -0.25) is 4.79 Å². The monoisotopic (exact) mass is 324 g/mol. The third kappa shape index (κ3) is 3.01. The van der Waals surface area contributed by atoms with Gasteiger partial charge in [-0.1, -0.05) is 6.07 Å². The lowest BCUT2D eigenvalue weighted by atomic mass is 9.92. The van der Waals surface area contributed by atoms with E-state index in [0.717, 1.165) is 9.88 Å². The molecule has 2 aromatic rings. The van der Waals surface area contributed by atoms with Crippen LogP contribution >= 0.6 is 22.7 Å². The van der Waals surface area contributed by atoms with E-state index in [1.54, 1.807) is 21.6 Å². The van der Waals surface area contributed by atoms with Crippen molar-refractivity contribution in [2.24, 2.45) is 0 Å². The third-order valence-corrected chi connectivity index (χ3v) is 5.61. The van der Waals surface area contributed by atoms with E-state index in [9.17, 15) is 9.90 Å². The highest BCUT2D eigenvalue weighted by Crippen LogP contribution is 2.29. The zero-order valence-corrected chi connectivity index (χ0v) is 13.0. The van der Waals surface area contributed by atoms with E-state index in [1.807, 2.05) is 17.5 Å². The van der Waals surface area contributed by atoms with E-state index in [2.05, 4.69) is 4.98 Å². The molecule has 1 aliphatic rings. The van der Waals surface area contributed by atoms with Gasteiger partial charge in [-0.2, -0.15) is 0 Å². The van der Waals surface area contributed by atoms with Gasteiger partial charge in [0, 0.05) is 18.5 Å². The van der Waals surface area contributed by atoms with Crippen LogP contribution in [0.3, 0.4) is 0 Å². The number of amides is 1. The summed E-state index contributed by atoms with van der Waals surface area (Å²) in [5, 5.41) is 23.7. The Morgan fingerprint density at radius 3 is 2.76 bits per heavy atom. The lowest BCUT2D eigenvalue weighted by Crippen LogP contribution is -2.48. The number of carbonyl (C=O) groups is 1. The fourth-order valence-corrected chi connectivity index (χ4v) is 3.94. The molecule has 0 bridgehead atoms. The van der Waals surface area contributed by atoms with E-state index in [1.165, 1.54) is 11.3 Å². The molecule has 21 heavy (non-hydrogen) atoms. The molecule has 1 saturated heterocycles. The van der Waals surface area contributed by atoms with Crippen LogP contribution in [0.25, 0.3) is 9.88 Å². The van der Waals surface area contributed by atoms with Gasteiger partial charge in [0.05, 0.1) is 17.1 Å². The molecular weight excluding hydrogens is 308 g/mol. The Hall–Kier alpha value is -1.28. The lowest BCUT2D eigenvalue weighted by Gasteiger charge is -2.36. The molecule has 0 unspecified atom stereocenters. The van der Waals surface area contributed by atoms with Crippen LogP contribution in [0.5, 0.6) is 0 Å². The second-order valence-electron chi connectivity index (χ2n) is 5.19. The van der Waals surface area contributed by atoms with Crippen LogP contribution in [0, 0.1) is 0 Å². The Kier molecular flexibility index (Phi) is 4.08. The van der Waals surface area contributed by atoms with Crippen molar-refractivity contribution < 1.29 is 15.0 Å². The lowest BCUT2D eigenvalue weighted by molar-refractivity contribution is -0.0546. The number of carbonyl (C=O) groups excluding carboxylic acids is 1. The Bertz CT molecular complexity index is 616. The normalized spacial score (nSPS) is 17.9. The molecule has 3 heterocycles. The molecule has 1 fully saturated rings. The molecule has 0 aliphatic carbocycles. The van der Waals surface area contributed by atoms with Gasteiger partial charge in [0.15, 0.2) is 0 Å². The number of thiophene rings is 1. The average Bonchev–Trinajstić information content (AvgIpc) is 3.18. The van der Waals surface area contributed by atoms with Gasteiger partial charge in [-0.25, -0.2) is 4.98 Å². The highest BCUT2D eigenvalue weighted by Gasteiger charge is 2.34. The summed E-state index contributed by atoms with van der Waals surface area (Å²) in [5.41, 5.74) is -0.584. The highest BCUT2D eigenvalue weighted by atomic mass is 32.1. The van der Waals surface area contributed by atoms with Gasteiger partial charge in [-0.15, -0.1) is 22.7 Å². The first kappa shape index (κ1) is 14.6. The SMILES string of the molecule is O=C(c1csc(-c2cccs2)n1)N1CCC(O)(CO)CC1. The minimum Gasteiger partial charge on any atom is -0.393 e. The molecule has 1 amide bonds. The number of nitrogens with zero attached hydrogens (tertiary/aromatic N) is 2. The molecule has 0 spiro atoms. The van der Waals surface area contributed by atoms with Crippen LogP contribution in [-0.2, 0) is 0 Å². The van der Waals surface area contributed by atoms with Crippen molar-refractivity contribution in [3.8, 4) is 9.88 Å². The smallest absolute Gasteiger partial charge is 0.273 e. The Labute approximate surface area is 130 Å². The van der Waals surface area contributed by atoms with E-state index in [0.29, 0.717) is 31.6 Å². The van der Waals surface area contributed by atoms with Gasteiger partial charge >= 0.3 is 0 Å². The molecule has 5 nitrogen and oxygen atoms in total. The van der Waals surface area contributed by atoms with Gasteiger partial charge in [0.25, 0.3) is 5.91 Å². The summed E-state index contributed by atoms with van der Waals surface area (Å²) >= 11 is 3.07. The molecule has 7 heteroatoms. The minimum absolute atomic E-state index is 0.103. The van der Waals surface area contributed by atoms with Gasteiger partial charge in [-0.05, 0) is 24.3 Å². The molecule has 2 N–H and O–H groups in total. The second-order valence-corrected chi connectivity index (χ2v) is 7.00. The summed E-state index contributed by atoms with van der Waals surface area (Å²) in [7, 11) is 0. The van der Waals surface area contributed by atoms with E-state index in [4.69, 9.17) is 5.11 Å². The molecule has 3 rings (SSSR count). The largest absolute Gasteiger partial charge is 0.393 e. The fourth-order valence-electron chi connectivity index (χ4n) is 2.33. The van der Waals surface area contributed by atoms with E-state index >= 15 is 0 Å². The molecule has 0 saturated carbocycles. The number of aromatic nitrogens is 1. The average molecular weight is 324 g/mol. The van der Waals surface area contributed by atoms with Crippen LogP contribution < -0.4 is 0 Å². The summed E-state index contributed by atoms with van der Waals surface area (Å²) in [6, 6.07) is 3.95. The fraction of sp³-hybridized carbons (Fsp3) is 0.429. The molecule has 0 aromatic carbocycles. The maximum Gasteiger partial charge on any atom is 0.273 e. The number of hydrogen-bond donors (Lipinski definition) is 2. The van der Waals surface area contributed by atoms with Crippen molar-refractivity contribution in [1.82, 2.24) is 9.88 Å². The van der Waals surface area contributed by atoms with Gasteiger partial charge in [0.2, 0.25) is 0 Å². The Morgan fingerprint density at radius 1 is 1.38 bits per heavy atom. The summed E-state index contributed by atoms with van der Waals surface area (Å²) in [4.78, 5) is 19.6.